The van der Waals surface area contributed by atoms with Gasteiger partial charge >= 0.3 is 0 Å². The topological polar surface area (TPSA) is 66.6 Å². The van der Waals surface area contributed by atoms with E-state index in [1.54, 1.807) is 18.3 Å². The molecule has 5 nitrogen and oxygen atoms in total. The molecule has 1 amide bonds. The zero-order valence-corrected chi connectivity index (χ0v) is 14.8. The number of aromatic hydroxyl groups is 1. The maximum Gasteiger partial charge on any atom is 0.275 e. The van der Waals surface area contributed by atoms with Gasteiger partial charge in [0.15, 0.2) is 0 Å². The van der Waals surface area contributed by atoms with Gasteiger partial charge in [0.1, 0.15) is 5.75 Å². The van der Waals surface area contributed by atoms with Crippen LogP contribution in [0.4, 0.5) is 0 Å². The van der Waals surface area contributed by atoms with E-state index in [9.17, 15) is 9.90 Å². The van der Waals surface area contributed by atoms with Crippen molar-refractivity contribution in [3.63, 3.8) is 0 Å². The van der Waals surface area contributed by atoms with Crippen LogP contribution in [0.5, 0.6) is 5.75 Å². The third kappa shape index (κ3) is 2.92. The van der Waals surface area contributed by atoms with E-state index >= 15 is 0 Å². The fourth-order valence-corrected chi connectivity index (χ4v) is 2.98. The SMILES string of the molecule is Cc1c(/C=N\NC(=O)c2cc(Br)ccc2O)c2ccccc2n1C. The zero-order chi connectivity index (χ0) is 17.3. The molecule has 0 spiro atoms. The maximum atomic E-state index is 12.2. The highest BCUT2D eigenvalue weighted by Gasteiger charge is 2.12. The lowest BCUT2D eigenvalue weighted by Crippen LogP contribution is -2.17. The van der Waals surface area contributed by atoms with Crippen LogP contribution in [0.25, 0.3) is 10.9 Å². The van der Waals surface area contributed by atoms with Crippen molar-refractivity contribution in [1.82, 2.24) is 9.99 Å². The molecule has 0 unspecified atom stereocenters. The van der Waals surface area contributed by atoms with Crippen LogP contribution in [-0.4, -0.2) is 21.8 Å². The Balaban J connectivity index is 1.86. The van der Waals surface area contributed by atoms with Gasteiger partial charge in [0.25, 0.3) is 5.91 Å². The number of nitrogens with zero attached hydrogens (tertiary/aromatic N) is 2. The van der Waals surface area contributed by atoms with Crippen molar-refractivity contribution in [2.75, 3.05) is 0 Å². The number of benzene rings is 2. The number of phenols is 1. The van der Waals surface area contributed by atoms with Gasteiger partial charge in [0, 0.05) is 33.7 Å². The summed E-state index contributed by atoms with van der Waals surface area (Å²) in [4.78, 5) is 12.2. The van der Waals surface area contributed by atoms with Gasteiger partial charge in [-0.25, -0.2) is 5.43 Å². The molecule has 0 radical (unpaired) electrons. The molecule has 0 fully saturated rings. The standard InChI is InChI=1S/C18H16BrN3O2/c1-11-15(13-5-3-4-6-16(13)22(11)2)10-20-21-18(24)14-9-12(19)7-8-17(14)23/h3-10,23H,1-2H3,(H,21,24)/b20-10-. The molecule has 0 aliphatic rings. The first-order chi connectivity index (χ1) is 11.5. The lowest BCUT2D eigenvalue weighted by Gasteiger charge is -2.03. The molecule has 24 heavy (non-hydrogen) atoms. The maximum absolute atomic E-state index is 12.2. The van der Waals surface area contributed by atoms with E-state index in [0.717, 1.165) is 22.2 Å². The highest BCUT2D eigenvalue weighted by molar-refractivity contribution is 9.10. The van der Waals surface area contributed by atoms with Gasteiger partial charge in [-0.3, -0.25) is 4.79 Å². The molecule has 122 valence electrons. The zero-order valence-electron chi connectivity index (χ0n) is 13.2. The first kappa shape index (κ1) is 16.3. The summed E-state index contributed by atoms with van der Waals surface area (Å²) in [7, 11) is 1.99. The molecule has 6 heteroatoms. The Labute approximate surface area is 147 Å². The summed E-state index contributed by atoms with van der Waals surface area (Å²) in [6.45, 7) is 2.00. The molecule has 0 saturated carbocycles. The first-order valence-electron chi connectivity index (χ1n) is 7.35. The minimum Gasteiger partial charge on any atom is -0.507 e. The summed E-state index contributed by atoms with van der Waals surface area (Å²) < 4.78 is 2.79. The van der Waals surface area contributed by atoms with Crippen LogP contribution in [0.2, 0.25) is 0 Å². The first-order valence-corrected chi connectivity index (χ1v) is 8.14. The van der Waals surface area contributed by atoms with E-state index in [1.807, 2.05) is 38.2 Å². The summed E-state index contributed by atoms with van der Waals surface area (Å²) >= 11 is 3.28. The highest BCUT2D eigenvalue weighted by Crippen LogP contribution is 2.23. The number of halogens is 1. The third-order valence-electron chi connectivity index (χ3n) is 4.01. The highest BCUT2D eigenvalue weighted by atomic mass is 79.9. The largest absolute Gasteiger partial charge is 0.507 e. The second-order valence-electron chi connectivity index (χ2n) is 5.44. The van der Waals surface area contributed by atoms with Gasteiger partial charge in [-0.15, -0.1) is 0 Å². The number of hydrogen-bond donors (Lipinski definition) is 2. The number of para-hydroxylation sites is 1. The minimum atomic E-state index is -0.470. The molecule has 1 aromatic heterocycles. The molecular weight excluding hydrogens is 370 g/mol. The number of nitrogens with one attached hydrogen (secondary N) is 1. The fourth-order valence-electron chi connectivity index (χ4n) is 2.62. The number of hydrazone groups is 1. The van der Waals surface area contributed by atoms with Gasteiger partial charge in [0.2, 0.25) is 0 Å². The number of fused-ring (bicyclic) bond motifs is 1. The van der Waals surface area contributed by atoms with Crippen molar-refractivity contribution in [3.05, 3.63) is 63.8 Å². The van der Waals surface area contributed by atoms with E-state index in [2.05, 4.69) is 31.0 Å². The quantitative estimate of drug-likeness (QED) is 0.532. The molecule has 0 atom stereocenters. The summed E-state index contributed by atoms with van der Waals surface area (Å²) in [5.74, 6) is -0.560. The van der Waals surface area contributed by atoms with Gasteiger partial charge in [-0.2, -0.15) is 5.10 Å². The van der Waals surface area contributed by atoms with E-state index in [-0.39, 0.29) is 11.3 Å². The number of aryl methyl sites for hydroxylation is 1. The molecule has 0 aliphatic carbocycles. The van der Waals surface area contributed by atoms with Gasteiger partial charge in [0.05, 0.1) is 11.8 Å². The molecule has 2 N–H and O–H groups in total. The number of amides is 1. The Bertz CT molecular complexity index is 960. The summed E-state index contributed by atoms with van der Waals surface area (Å²) in [5.41, 5.74) is 5.73. The van der Waals surface area contributed by atoms with Crippen LogP contribution in [0, 0.1) is 6.92 Å². The predicted octanol–water partition coefficient (Wildman–Crippen LogP) is 3.72. The molecule has 0 saturated heterocycles. The Morgan fingerprint density at radius 3 is 2.83 bits per heavy atom. The number of aromatic nitrogens is 1. The number of carbonyl (C=O) groups excluding carboxylic acids is 1. The van der Waals surface area contributed by atoms with Crippen LogP contribution < -0.4 is 5.43 Å². The molecule has 3 aromatic rings. The average molecular weight is 386 g/mol. The smallest absolute Gasteiger partial charge is 0.275 e. The Hall–Kier alpha value is -2.60. The van der Waals surface area contributed by atoms with E-state index in [0.29, 0.717) is 4.47 Å². The van der Waals surface area contributed by atoms with Crippen molar-refractivity contribution in [2.45, 2.75) is 6.92 Å². The molecular formula is C18H16BrN3O2. The van der Waals surface area contributed by atoms with Crippen LogP contribution in [0.1, 0.15) is 21.6 Å². The summed E-state index contributed by atoms with van der Waals surface area (Å²) in [6.07, 6.45) is 1.63. The molecule has 2 aromatic carbocycles. The van der Waals surface area contributed by atoms with Crippen LogP contribution in [-0.2, 0) is 7.05 Å². The molecule has 0 bridgehead atoms. The normalized spacial score (nSPS) is 11.3. The Morgan fingerprint density at radius 1 is 1.29 bits per heavy atom. The van der Waals surface area contributed by atoms with Gasteiger partial charge in [-0.1, -0.05) is 34.1 Å². The summed E-state index contributed by atoms with van der Waals surface area (Å²) in [5, 5.41) is 14.9. The number of rotatable bonds is 3. The second-order valence-corrected chi connectivity index (χ2v) is 6.35. The Kier molecular flexibility index (Phi) is 4.40. The van der Waals surface area contributed by atoms with Crippen molar-refractivity contribution < 1.29 is 9.90 Å². The number of hydrogen-bond acceptors (Lipinski definition) is 3. The average Bonchev–Trinajstić information content (AvgIpc) is 2.82. The monoisotopic (exact) mass is 385 g/mol. The van der Waals surface area contributed by atoms with E-state index in [1.165, 1.54) is 6.07 Å². The molecule has 3 rings (SSSR count). The van der Waals surface area contributed by atoms with Gasteiger partial charge < -0.3 is 9.67 Å². The molecule has 0 aliphatic heterocycles. The lowest BCUT2D eigenvalue weighted by molar-refractivity contribution is 0.0952. The third-order valence-corrected chi connectivity index (χ3v) is 4.50. The van der Waals surface area contributed by atoms with E-state index < -0.39 is 5.91 Å². The van der Waals surface area contributed by atoms with Crippen molar-refractivity contribution in [1.29, 1.82) is 0 Å². The predicted molar refractivity (Wildman–Crippen MR) is 98.5 cm³/mol. The Morgan fingerprint density at radius 2 is 2.04 bits per heavy atom. The van der Waals surface area contributed by atoms with Gasteiger partial charge in [-0.05, 0) is 31.2 Å². The number of carbonyl (C=O) groups is 1. The minimum absolute atomic E-state index is 0.0905. The summed E-state index contributed by atoms with van der Waals surface area (Å²) in [6, 6.07) is 12.7. The lowest BCUT2D eigenvalue weighted by atomic mass is 10.1. The second kappa shape index (κ2) is 6.49. The van der Waals surface area contributed by atoms with Crippen LogP contribution >= 0.6 is 15.9 Å². The fraction of sp³-hybridized carbons (Fsp3) is 0.111. The van der Waals surface area contributed by atoms with Crippen molar-refractivity contribution in [3.8, 4) is 5.75 Å². The number of phenolic OH excluding ortho intramolecular Hbond substituents is 1. The van der Waals surface area contributed by atoms with Crippen LogP contribution in [0.15, 0.2) is 52.0 Å². The van der Waals surface area contributed by atoms with Crippen molar-refractivity contribution >= 4 is 39.0 Å². The van der Waals surface area contributed by atoms with Crippen molar-refractivity contribution in [2.24, 2.45) is 12.1 Å². The molecule has 1 heterocycles. The van der Waals surface area contributed by atoms with Crippen LogP contribution in [0.3, 0.4) is 0 Å². The van der Waals surface area contributed by atoms with E-state index in [4.69, 9.17) is 0 Å².